The Labute approximate surface area is 120 Å². The quantitative estimate of drug-likeness (QED) is 0.909. The number of hydrogen-bond acceptors (Lipinski definition) is 2. The van der Waals surface area contributed by atoms with E-state index in [1.54, 1.807) is 0 Å². The number of rotatable bonds is 4. The summed E-state index contributed by atoms with van der Waals surface area (Å²) in [6, 6.07) is 9.47. The normalized spacial score (nSPS) is 24.9. The Morgan fingerprint density at radius 3 is 2.60 bits per heavy atom. The average Bonchev–Trinajstić information content (AvgIpc) is 2.38. The van der Waals surface area contributed by atoms with Crippen molar-refractivity contribution in [2.75, 3.05) is 5.32 Å². The maximum Gasteiger partial charge on any atom is 0.234 e. The lowest BCUT2D eigenvalue weighted by atomic mass is 9.84. The van der Waals surface area contributed by atoms with E-state index in [1.807, 2.05) is 75.4 Å². The average molecular weight is 271 g/mol. The summed E-state index contributed by atoms with van der Waals surface area (Å²) in [6.45, 7) is 5.90. The minimum atomic E-state index is -0.609. The monoisotopic (exact) mass is 271 g/mol. The van der Waals surface area contributed by atoms with Gasteiger partial charge in [0.15, 0.2) is 0 Å². The summed E-state index contributed by atoms with van der Waals surface area (Å²) in [6.07, 6.45) is 7.71. The first-order valence-electron chi connectivity index (χ1n) is 6.91. The minimum Gasteiger partial charge on any atom is -0.367 e. The van der Waals surface area contributed by atoms with Gasteiger partial charge in [0.2, 0.25) is 5.91 Å². The van der Waals surface area contributed by atoms with Crippen molar-refractivity contribution in [3.05, 3.63) is 54.6 Å². The largest absolute Gasteiger partial charge is 0.367 e. The van der Waals surface area contributed by atoms with Gasteiger partial charge in [-0.3, -0.25) is 4.79 Å². The van der Waals surface area contributed by atoms with Gasteiger partial charge in [0.25, 0.3) is 0 Å². The first-order chi connectivity index (χ1) is 9.51. The SMILES string of the molecule is CC(C)OC1(C)C=CC=CC1C(=O)Nc1ccccc1. The number of carbonyl (C=O) groups excluding carboxylic acids is 1. The van der Waals surface area contributed by atoms with Crippen LogP contribution in [0.3, 0.4) is 0 Å². The molecule has 1 amide bonds. The zero-order valence-corrected chi connectivity index (χ0v) is 12.2. The summed E-state index contributed by atoms with van der Waals surface area (Å²) in [4.78, 5) is 12.5. The molecular formula is C17H21NO2. The molecule has 0 spiro atoms. The fraction of sp³-hybridized carbons (Fsp3) is 0.353. The highest BCUT2D eigenvalue weighted by Crippen LogP contribution is 2.30. The van der Waals surface area contributed by atoms with Crippen molar-refractivity contribution < 1.29 is 9.53 Å². The van der Waals surface area contributed by atoms with E-state index in [4.69, 9.17) is 4.74 Å². The van der Waals surface area contributed by atoms with Gasteiger partial charge in [0.05, 0.1) is 17.6 Å². The molecule has 2 atom stereocenters. The maximum absolute atomic E-state index is 12.5. The summed E-state index contributed by atoms with van der Waals surface area (Å²) in [5.41, 5.74) is 0.189. The molecular weight excluding hydrogens is 250 g/mol. The van der Waals surface area contributed by atoms with Crippen LogP contribution in [0.25, 0.3) is 0 Å². The molecule has 0 heterocycles. The van der Waals surface area contributed by atoms with Gasteiger partial charge in [-0.2, -0.15) is 0 Å². The molecule has 0 aliphatic heterocycles. The third-order valence-electron chi connectivity index (χ3n) is 3.27. The molecule has 0 saturated heterocycles. The van der Waals surface area contributed by atoms with Crippen molar-refractivity contribution in [3.8, 4) is 0 Å². The van der Waals surface area contributed by atoms with Crippen molar-refractivity contribution in [2.45, 2.75) is 32.5 Å². The van der Waals surface area contributed by atoms with Crippen LogP contribution in [0, 0.1) is 5.92 Å². The molecule has 1 aromatic rings. The van der Waals surface area contributed by atoms with Crippen molar-refractivity contribution in [1.29, 1.82) is 0 Å². The zero-order valence-electron chi connectivity index (χ0n) is 12.2. The molecule has 1 aromatic carbocycles. The summed E-state index contributed by atoms with van der Waals surface area (Å²) in [7, 11) is 0. The lowest BCUT2D eigenvalue weighted by Gasteiger charge is -2.35. The fourth-order valence-electron chi connectivity index (χ4n) is 2.43. The summed E-state index contributed by atoms with van der Waals surface area (Å²) in [5, 5.41) is 2.94. The van der Waals surface area contributed by atoms with E-state index in [-0.39, 0.29) is 17.9 Å². The van der Waals surface area contributed by atoms with E-state index < -0.39 is 5.60 Å². The van der Waals surface area contributed by atoms with E-state index in [2.05, 4.69) is 5.32 Å². The Kier molecular flexibility index (Phi) is 4.40. The third kappa shape index (κ3) is 3.36. The lowest BCUT2D eigenvalue weighted by Crippen LogP contribution is -2.44. The fourth-order valence-corrected chi connectivity index (χ4v) is 2.43. The molecule has 0 aromatic heterocycles. The molecule has 0 fully saturated rings. The van der Waals surface area contributed by atoms with Gasteiger partial charge in [0, 0.05) is 5.69 Å². The van der Waals surface area contributed by atoms with Crippen LogP contribution in [-0.4, -0.2) is 17.6 Å². The van der Waals surface area contributed by atoms with E-state index in [0.717, 1.165) is 5.69 Å². The van der Waals surface area contributed by atoms with Crippen molar-refractivity contribution in [1.82, 2.24) is 0 Å². The highest BCUT2D eigenvalue weighted by atomic mass is 16.5. The van der Waals surface area contributed by atoms with Gasteiger partial charge in [-0.1, -0.05) is 42.5 Å². The van der Waals surface area contributed by atoms with Crippen molar-refractivity contribution >= 4 is 11.6 Å². The van der Waals surface area contributed by atoms with E-state index in [9.17, 15) is 4.79 Å². The first kappa shape index (κ1) is 14.5. The molecule has 2 unspecified atom stereocenters. The molecule has 1 aliphatic rings. The number of hydrogen-bond donors (Lipinski definition) is 1. The van der Waals surface area contributed by atoms with Gasteiger partial charge < -0.3 is 10.1 Å². The van der Waals surface area contributed by atoms with Crippen LogP contribution >= 0.6 is 0 Å². The van der Waals surface area contributed by atoms with Crippen molar-refractivity contribution in [3.63, 3.8) is 0 Å². The molecule has 0 saturated carbocycles. The number of nitrogens with one attached hydrogen (secondary N) is 1. The lowest BCUT2D eigenvalue weighted by molar-refractivity contribution is -0.129. The van der Waals surface area contributed by atoms with Crippen LogP contribution in [-0.2, 0) is 9.53 Å². The Bertz CT molecular complexity index is 519. The predicted molar refractivity (Wildman–Crippen MR) is 81.5 cm³/mol. The number of carbonyl (C=O) groups is 1. The number of anilines is 1. The molecule has 106 valence electrons. The van der Waals surface area contributed by atoms with Crippen LogP contribution in [0.15, 0.2) is 54.6 Å². The second-order valence-corrected chi connectivity index (χ2v) is 5.43. The smallest absolute Gasteiger partial charge is 0.234 e. The zero-order chi connectivity index (χ0) is 14.6. The Balaban J connectivity index is 2.15. The summed E-state index contributed by atoms with van der Waals surface area (Å²) >= 11 is 0. The maximum atomic E-state index is 12.5. The third-order valence-corrected chi connectivity index (χ3v) is 3.27. The van der Waals surface area contributed by atoms with Crippen LogP contribution in [0.5, 0.6) is 0 Å². The van der Waals surface area contributed by atoms with Crippen LogP contribution in [0.4, 0.5) is 5.69 Å². The number of amides is 1. The van der Waals surface area contributed by atoms with E-state index >= 15 is 0 Å². The Hall–Kier alpha value is -1.87. The van der Waals surface area contributed by atoms with Gasteiger partial charge in [-0.05, 0) is 32.9 Å². The summed E-state index contributed by atoms with van der Waals surface area (Å²) in [5.74, 6) is -0.393. The van der Waals surface area contributed by atoms with Crippen LogP contribution in [0.2, 0.25) is 0 Å². The van der Waals surface area contributed by atoms with Gasteiger partial charge >= 0.3 is 0 Å². The summed E-state index contributed by atoms with van der Waals surface area (Å²) < 4.78 is 5.95. The van der Waals surface area contributed by atoms with Gasteiger partial charge in [-0.25, -0.2) is 0 Å². The van der Waals surface area contributed by atoms with Crippen LogP contribution < -0.4 is 5.32 Å². The van der Waals surface area contributed by atoms with Crippen molar-refractivity contribution in [2.24, 2.45) is 5.92 Å². The highest BCUT2D eigenvalue weighted by Gasteiger charge is 2.38. The second kappa shape index (κ2) is 6.06. The van der Waals surface area contributed by atoms with Crippen LogP contribution in [0.1, 0.15) is 20.8 Å². The molecule has 3 nitrogen and oxygen atoms in total. The first-order valence-corrected chi connectivity index (χ1v) is 6.91. The molecule has 3 heteroatoms. The number of para-hydroxylation sites is 1. The topological polar surface area (TPSA) is 38.3 Å². The van der Waals surface area contributed by atoms with E-state index in [1.165, 1.54) is 0 Å². The number of benzene rings is 1. The van der Waals surface area contributed by atoms with Gasteiger partial charge in [-0.15, -0.1) is 0 Å². The van der Waals surface area contributed by atoms with E-state index in [0.29, 0.717) is 0 Å². The number of ether oxygens (including phenoxy) is 1. The standard InChI is InChI=1S/C17H21NO2/c1-13(2)20-17(3)12-8-7-11-15(17)16(19)18-14-9-5-4-6-10-14/h4-13,15H,1-3H3,(H,18,19). The Morgan fingerprint density at radius 2 is 1.95 bits per heavy atom. The molecule has 2 rings (SSSR count). The van der Waals surface area contributed by atoms with Gasteiger partial charge in [0.1, 0.15) is 0 Å². The second-order valence-electron chi connectivity index (χ2n) is 5.43. The molecule has 0 bridgehead atoms. The molecule has 1 aliphatic carbocycles. The minimum absolute atomic E-state index is 0.0556. The molecule has 20 heavy (non-hydrogen) atoms. The molecule has 0 radical (unpaired) electrons. The highest BCUT2D eigenvalue weighted by molar-refractivity contribution is 5.95. The molecule has 1 N–H and O–H groups in total. The Morgan fingerprint density at radius 1 is 1.25 bits per heavy atom. The number of allylic oxidation sites excluding steroid dienone is 2. The predicted octanol–water partition coefficient (Wildman–Crippen LogP) is 3.55.